The second-order valence-electron chi connectivity index (χ2n) is 6.51. The predicted molar refractivity (Wildman–Crippen MR) is 92.7 cm³/mol. The van der Waals surface area contributed by atoms with Crippen molar-refractivity contribution in [1.29, 1.82) is 0 Å². The average molecular weight is 324 g/mol. The molecule has 0 saturated carbocycles. The van der Waals surface area contributed by atoms with Gasteiger partial charge < -0.3 is 9.47 Å². The Bertz CT molecular complexity index is 754. The number of benzene rings is 2. The molecule has 0 atom stereocenters. The van der Waals surface area contributed by atoms with Gasteiger partial charge in [0.1, 0.15) is 0 Å². The summed E-state index contributed by atoms with van der Waals surface area (Å²) in [5.41, 5.74) is 3.84. The highest BCUT2D eigenvalue weighted by Gasteiger charge is 2.25. The Balaban J connectivity index is 1.68. The molecule has 5 nitrogen and oxygen atoms in total. The van der Waals surface area contributed by atoms with Crippen LogP contribution in [0.5, 0.6) is 11.5 Å². The maximum Gasteiger partial charge on any atom is 0.271 e. The molecule has 0 fully saturated rings. The number of hydrazone groups is 1. The van der Waals surface area contributed by atoms with Crippen molar-refractivity contribution >= 4 is 12.1 Å². The largest absolute Gasteiger partial charge is 0.489 e. The molecular weight excluding hydrogens is 304 g/mol. The summed E-state index contributed by atoms with van der Waals surface area (Å²) in [4.78, 5) is 12.2. The number of nitrogens with one attached hydrogen (secondary N) is 1. The van der Waals surface area contributed by atoms with E-state index in [-0.39, 0.29) is 11.3 Å². The molecule has 1 aliphatic heterocycles. The molecule has 1 heterocycles. The maximum absolute atomic E-state index is 12.2. The van der Waals surface area contributed by atoms with Gasteiger partial charge in [0.25, 0.3) is 5.91 Å². The Hall–Kier alpha value is -2.82. The molecule has 5 heteroatoms. The Labute approximate surface area is 141 Å². The van der Waals surface area contributed by atoms with Crippen LogP contribution in [-0.4, -0.2) is 25.3 Å². The van der Waals surface area contributed by atoms with Crippen LogP contribution in [0.3, 0.4) is 0 Å². The summed E-state index contributed by atoms with van der Waals surface area (Å²) in [6.07, 6.45) is 1.60. The van der Waals surface area contributed by atoms with E-state index in [2.05, 4.69) is 24.4 Å². The molecule has 0 saturated heterocycles. The molecule has 1 N–H and O–H groups in total. The van der Waals surface area contributed by atoms with Gasteiger partial charge in [0.2, 0.25) is 0 Å². The van der Waals surface area contributed by atoms with E-state index in [4.69, 9.17) is 9.47 Å². The van der Waals surface area contributed by atoms with Gasteiger partial charge in [-0.15, -0.1) is 0 Å². The molecule has 124 valence electrons. The van der Waals surface area contributed by atoms with Crippen molar-refractivity contribution in [2.24, 2.45) is 10.5 Å². The second kappa shape index (κ2) is 6.74. The summed E-state index contributed by atoms with van der Waals surface area (Å²) >= 11 is 0. The number of carbonyl (C=O) groups is 1. The van der Waals surface area contributed by atoms with Gasteiger partial charge in [0.15, 0.2) is 11.5 Å². The summed E-state index contributed by atoms with van der Waals surface area (Å²) in [5.74, 6) is 0.947. The van der Waals surface area contributed by atoms with Gasteiger partial charge in [-0.3, -0.25) is 4.79 Å². The molecule has 0 spiro atoms. The van der Waals surface area contributed by atoms with Crippen molar-refractivity contribution in [3.8, 4) is 11.5 Å². The molecular formula is C19H20N2O3. The van der Waals surface area contributed by atoms with Crippen LogP contribution < -0.4 is 14.9 Å². The predicted octanol–water partition coefficient (Wildman–Crippen LogP) is 3.25. The normalized spacial score (nSPS) is 15.8. The average Bonchev–Trinajstić information content (AvgIpc) is 2.74. The van der Waals surface area contributed by atoms with E-state index in [1.54, 1.807) is 24.4 Å². The zero-order chi connectivity index (χ0) is 17.0. The number of rotatable bonds is 3. The minimum Gasteiger partial charge on any atom is -0.489 e. The first-order valence-corrected chi connectivity index (χ1v) is 7.82. The fourth-order valence-corrected chi connectivity index (χ4v) is 2.24. The van der Waals surface area contributed by atoms with E-state index in [0.29, 0.717) is 30.3 Å². The number of carbonyl (C=O) groups excluding carboxylic acids is 1. The number of hydrogen-bond donors (Lipinski definition) is 1. The second-order valence-corrected chi connectivity index (χ2v) is 6.51. The summed E-state index contributed by atoms with van der Waals surface area (Å²) < 4.78 is 11.5. The van der Waals surface area contributed by atoms with E-state index in [0.717, 1.165) is 5.56 Å². The van der Waals surface area contributed by atoms with Crippen molar-refractivity contribution < 1.29 is 14.3 Å². The molecule has 2 aromatic carbocycles. The van der Waals surface area contributed by atoms with Crippen molar-refractivity contribution in [3.63, 3.8) is 0 Å². The Morgan fingerprint density at radius 3 is 2.54 bits per heavy atom. The van der Waals surface area contributed by atoms with Crippen LogP contribution in [0.4, 0.5) is 0 Å². The Morgan fingerprint density at radius 2 is 1.79 bits per heavy atom. The van der Waals surface area contributed by atoms with Crippen molar-refractivity contribution in [2.45, 2.75) is 13.8 Å². The molecule has 3 rings (SSSR count). The fourth-order valence-electron chi connectivity index (χ4n) is 2.24. The molecule has 24 heavy (non-hydrogen) atoms. The van der Waals surface area contributed by atoms with Gasteiger partial charge in [0.05, 0.1) is 19.4 Å². The molecule has 0 bridgehead atoms. The summed E-state index contributed by atoms with van der Waals surface area (Å²) in [5, 5.41) is 3.97. The lowest BCUT2D eigenvalue weighted by molar-refractivity contribution is 0.0954. The molecule has 0 aromatic heterocycles. The van der Waals surface area contributed by atoms with Gasteiger partial charge in [-0.2, -0.15) is 5.10 Å². The molecule has 0 unspecified atom stereocenters. The topological polar surface area (TPSA) is 59.9 Å². The highest BCUT2D eigenvalue weighted by Crippen LogP contribution is 2.34. The minimum atomic E-state index is -0.294. The summed E-state index contributed by atoms with van der Waals surface area (Å²) in [6, 6.07) is 14.7. The minimum absolute atomic E-state index is 0.0680. The van der Waals surface area contributed by atoms with Crippen LogP contribution in [0.2, 0.25) is 0 Å². The number of fused-ring (bicyclic) bond motifs is 1. The molecule has 2 aromatic rings. The Kier molecular flexibility index (Phi) is 4.51. The van der Waals surface area contributed by atoms with E-state index in [1.165, 1.54) is 0 Å². The summed E-state index contributed by atoms with van der Waals surface area (Å²) in [7, 11) is 0. The summed E-state index contributed by atoms with van der Waals surface area (Å²) in [6.45, 7) is 5.26. The third-order valence-electron chi connectivity index (χ3n) is 3.62. The maximum atomic E-state index is 12.2. The van der Waals surface area contributed by atoms with Gasteiger partial charge >= 0.3 is 0 Å². The van der Waals surface area contributed by atoms with Crippen molar-refractivity contribution in [1.82, 2.24) is 5.43 Å². The smallest absolute Gasteiger partial charge is 0.271 e. The zero-order valence-corrected chi connectivity index (χ0v) is 13.8. The first-order valence-electron chi connectivity index (χ1n) is 7.82. The third kappa shape index (κ3) is 3.93. The van der Waals surface area contributed by atoms with Gasteiger partial charge in [-0.1, -0.05) is 44.2 Å². The van der Waals surface area contributed by atoms with Crippen LogP contribution in [-0.2, 0) is 0 Å². The van der Waals surface area contributed by atoms with Gasteiger partial charge in [-0.25, -0.2) is 5.43 Å². The Morgan fingerprint density at radius 1 is 1.08 bits per heavy atom. The van der Waals surface area contributed by atoms with Crippen molar-refractivity contribution in [2.75, 3.05) is 13.2 Å². The van der Waals surface area contributed by atoms with Crippen LogP contribution in [0.25, 0.3) is 0 Å². The number of hydrogen-bond acceptors (Lipinski definition) is 4. The highest BCUT2D eigenvalue weighted by atomic mass is 16.5. The zero-order valence-electron chi connectivity index (χ0n) is 13.8. The van der Waals surface area contributed by atoms with E-state index in [9.17, 15) is 4.79 Å². The van der Waals surface area contributed by atoms with Crippen LogP contribution in [0.1, 0.15) is 29.8 Å². The van der Waals surface area contributed by atoms with Crippen molar-refractivity contribution in [3.05, 3.63) is 59.7 Å². The third-order valence-corrected chi connectivity index (χ3v) is 3.62. The molecule has 0 radical (unpaired) electrons. The standard InChI is InChI=1S/C19H20N2O3/c1-19(2)12-23-16-9-8-15(10-17(16)24-13-19)18(22)21-20-11-14-6-4-3-5-7-14/h3-11H,12-13H2,1-2H3,(H,21,22)/b20-11+. The monoisotopic (exact) mass is 324 g/mol. The first kappa shape index (κ1) is 16.1. The molecule has 0 aliphatic carbocycles. The lowest BCUT2D eigenvalue weighted by Gasteiger charge is -2.19. The highest BCUT2D eigenvalue weighted by molar-refractivity contribution is 5.95. The van der Waals surface area contributed by atoms with Crippen LogP contribution in [0.15, 0.2) is 53.6 Å². The van der Waals surface area contributed by atoms with Gasteiger partial charge in [-0.05, 0) is 23.8 Å². The lowest BCUT2D eigenvalue weighted by atomic mass is 9.97. The SMILES string of the molecule is CC1(C)COc2ccc(C(=O)N/N=C/c3ccccc3)cc2OC1. The van der Waals surface area contributed by atoms with Gasteiger partial charge in [0, 0.05) is 11.0 Å². The number of nitrogens with zero attached hydrogens (tertiary/aromatic N) is 1. The van der Waals surface area contributed by atoms with Crippen LogP contribution >= 0.6 is 0 Å². The quantitative estimate of drug-likeness (QED) is 0.696. The fraction of sp³-hybridized carbons (Fsp3) is 0.263. The number of ether oxygens (including phenoxy) is 2. The van der Waals surface area contributed by atoms with E-state index < -0.39 is 0 Å². The number of amides is 1. The first-order chi connectivity index (χ1) is 11.5. The molecule has 1 aliphatic rings. The van der Waals surface area contributed by atoms with E-state index >= 15 is 0 Å². The molecule has 1 amide bonds. The van der Waals surface area contributed by atoms with E-state index in [1.807, 2.05) is 30.3 Å². The van der Waals surface area contributed by atoms with Crippen LogP contribution in [0, 0.1) is 5.41 Å². The lowest BCUT2D eigenvalue weighted by Crippen LogP contribution is -2.26.